The van der Waals surface area contributed by atoms with E-state index < -0.39 is 0 Å². The van der Waals surface area contributed by atoms with Crippen molar-refractivity contribution < 1.29 is 31.0 Å². The lowest BCUT2D eigenvalue weighted by atomic mass is 9.92. The van der Waals surface area contributed by atoms with Gasteiger partial charge >= 0.3 is 5.97 Å². The van der Waals surface area contributed by atoms with Gasteiger partial charge in [0.05, 0.1) is 26.2 Å². The number of ether oxygens (including phenoxy) is 1. The first-order valence-corrected chi connectivity index (χ1v) is 8.23. The standard InChI is InChI=1S/C18H26NO2.BrH/c1-3-11-21-18(20)17-13-19(10-9-16(17)12-19)14(2)15-7-5-4-6-8-15;/h4-8,14,16-17H,3,9-13H2,1-2H3;1H/q+1;/p-1/t14-,16+,17-,19?;/m1./s1. The molecule has 2 fully saturated rings. The third-order valence-electron chi connectivity index (χ3n) is 5.53. The van der Waals surface area contributed by atoms with Gasteiger partial charge in [0.15, 0.2) is 0 Å². The van der Waals surface area contributed by atoms with Crippen LogP contribution in [0.25, 0.3) is 0 Å². The number of piperidine rings is 1. The monoisotopic (exact) mass is 367 g/mol. The summed E-state index contributed by atoms with van der Waals surface area (Å²) in [5, 5.41) is 0. The Morgan fingerprint density at radius 3 is 2.73 bits per heavy atom. The van der Waals surface area contributed by atoms with E-state index in [1.807, 2.05) is 6.92 Å². The van der Waals surface area contributed by atoms with Crippen LogP contribution in [-0.2, 0) is 9.53 Å². The van der Waals surface area contributed by atoms with Gasteiger partial charge in [-0.15, -0.1) is 0 Å². The average Bonchev–Trinajstić information content (AvgIpc) is 3.12. The van der Waals surface area contributed by atoms with Crippen molar-refractivity contribution in [1.82, 2.24) is 0 Å². The Morgan fingerprint density at radius 1 is 1.32 bits per heavy atom. The van der Waals surface area contributed by atoms with E-state index >= 15 is 0 Å². The van der Waals surface area contributed by atoms with E-state index in [0.29, 0.717) is 18.6 Å². The van der Waals surface area contributed by atoms with Crippen molar-refractivity contribution >= 4 is 5.97 Å². The molecule has 2 heterocycles. The van der Waals surface area contributed by atoms with Crippen molar-refractivity contribution in [3.8, 4) is 0 Å². The van der Waals surface area contributed by atoms with Crippen LogP contribution in [0.15, 0.2) is 30.3 Å². The second kappa shape index (κ2) is 7.14. The van der Waals surface area contributed by atoms with Crippen molar-refractivity contribution in [1.29, 1.82) is 0 Å². The summed E-state index contributed by atoms with van der Waals surface area (Å²) in [5.41, 5.74) is 1.39. The Kier molecular flexibility index (Phi) is 5.67. The molecule has 0 amide bonds. The van der Waals surface area contributed by atoms with E-state index in [9.17, 15) is 4.79 Å². The fourth-order valence-electron chi connectivity index (χ4n) is 4.24. The summed E-state index contributed by atoms with van der Waals surface area (Å²) in [4.78, 5) is 12.3. The molecule has 0 radical (unpaired) electrons. The van der Waals surface area contributed by atoms with Crippen molar-refractivity contribution in [2.24, 2.45) is 11.8 Å². The number of carbonyl (C=O) groups is 1. The van der Waals surface area contributed by atoms with Crippen LogP contribution < -0.4 is 17.0 Å². The predicted molar refractivity (Wildman–Crippen MR) is 82.6 cm³/mol. The van der Waals surface area contributed by atoms with Gasteiger partial charge in [-0.1, -0.05) is 37.3 Å². The first kappa shape index (κ1) is 17.5. The second-order valence-corrected chi connectivity index (χ2v) is 6.72. The lowest BCUT2D eigenvalue weighted by molar-refractivity contribution is -0.938. The highest BCUT2D eigenvalue weighted by molar-refractivity contribution is 5.73. The lowest BCUT2D eigenvalue weighted by Crippen LogP contribution is -3.00. The van der Waals surface area contributed by atoms with Crippen LogP contribution in [0.2, 0.25) is 0 Å². The highest BCUT2D eigenvalue weighted by Crippen LogP contribution is 2.46. The Bertz CT molecular complexity index is 507. The molecule has 2 saturated heterocycles. The van der Waals surface area contributed by atoms with Gasteiger partial charge in [-0.3, -0.25) is 4.79 Å². The van der Waals surface area contributed by atoms with Gasteiger partial charge in [-0.2, -0.15) is 0 Å². The van der Waals surface area contributed by atoms with E-state index in [1.165, 1.54) is 18.5 Å². The number of esters is 1. The topological polar surface area (TPSA) is 26.3 Å². The molecule has 2 bridgehead atoms. The van der Waals surface area contributed by atoms with Gasteiger partial charge in [0.1, 0.15) is 12.0 Å². The minimum absolute atomic E-state index is 0. The van der Waals surface area contributed by atoms with Gasteiger partial charge in [0.2, 0.25) is 0 Å². The van der Waals surface area contributed by atoms with Crippen molar-refractivity contribution in [3.05, 3.63) is 35.9 Å². The Balaban J connectivity index is 0.00000176. The molecule has 4 heteroatoms. The molecule has 0 aliphatic carbocycles. The number of quaternary nitrogens is 1. The number of halogens is 1. The zero-order chi connectivity index (χ0) is 14.9. The molecule has 1 aromatic rings. The maximum absolute atomic E-state index is 12.3. The third kappa shape index (κ3) is 3.09. The van der Waals surface area contributed by atoms with Crippen LogP contribution in [0.1, 0.15) is 38.3 Å². The van der Waals surface area contributed by atoms with E-state index in [1.54, 1.807) is 0 Å². The first-order chi connectivity index (χ1) is 10.2. The SMILES string of the molecule is CCCOC(=O)[C@@H]1C[N+]2([C@H](C)c3ccccc3)CC[C@H]1C2.[Br-]. The quantitative estimate of drug-likeness (QED) is 0.547. The Labute approximate surface area is 144 Å². The summed E-state index contributed by atoms with van der Waals surface area (Å²) in [7, 11) is 0. The number of hydrogen-bond acceptors (Lipinski definition) is 2. The van der Waals surface area contributed by atoms with Crippen molar-refractivity contribution in [2.45, 2.75) is 32.7 Å². The van der Waals surface area contributed by atoms with E-state index in [-0.39, 0.29) is 28.9 Å². The van der Waals surface area contributed by atoms with Gasteiger partial charge in [0.25, 0.3) is 0 Å². The number of nitrogens with zero attached hydrogens (tertiary/aromatic N) is 1. The molecule has 22 heavy (non-hydrogen) atoms. The second-order valence-electron chi connectivity index (χ2n) is 6.72. The fourth-order valence-corrected chi connectivity index (χ4v) is 4.24. The zero-order valence-corrected chi connectivity index (χ0v) is 15.1. The molecule has 0 saturated carbocycles. The molecule has 0 N–H and O–H groups in total. The molecular formula is C18H26BrNO2. The highest BCUT2D eigenvalue weighted by atomic mass is 79.9. The minimum Gasteiger partial charge on any atom is -1.00 e. The number of carbonyl (C=O) groups excluding carboxylic acids is 1. The molecule has 122 valence electrons. The van der Waals surface area contributed by atoms with Crippen LogP contribution in [0.5, 0.6) is 0 Å². The fraction of sp³-hybridized carbons (Fsp3) is 0.611. The van der Waals surface area contributed by atoms with Crippen LogP contribution in [-0.4, -0.2) is 36.7 Å². The molecule has 2 aliphatic heterocycles. The molecule has 1 aromatic carbocycles. The minimum atomic E-state index is 0. The number of rotatable bonds is 5. The molecular weight excluding hydrogens is 342 g/mol. The summed E-state index contributed by atoms with van der Waals surface area (Å²) in [5.74, 6) is 0.693. The molecule has 0 aromatic heterocycles. The lowest BCUT2D eigenvalue weighted by Gasteiger charge is -2.39. The maximum atomic E-state index is 12.3. The smallest absolute Gasteiger partial charge is 0.315 e. The number of benzene rings is 1. The van der Waals surface area contributed by atoms with Gasteiger partial charge in [-0.05, 0) is 13.3 Å². The van der Waals surface area contributed by atoms with Crippen molar-refractivity contribution in [3.63, 3.8) is 0 Å². The summed E-state index contributed by atoms with van der Waals surface area (Å²) in [6.07, 6.45) is 2.08. The third-order valence-corrected chi connectivity index (χ3v) is 5.53. The van der Waals surface area contributed by atoms with Crippen LogP contribution in [0, 0.1) is 11.8 Å². The predicted octanol–water partition coefficient (Wildman–Crippen LogP) is 0.171. The van der Waals surface area contributed by atoms with Crippen molar-refractivity contribution in [2.75, 3.05) is 26.2 Å². The van der Waals surface area contributed by atoms with Crippen LogP contribution in [0.3, 0.4) is 0 Å². The molecule has 1 unspecified atom stereocenters. The number of hydrogen-bond donors (Lipinski definition) is 0. The van der Waals surface area contributed by atoms with E-state index in [0.717, 1.165) is 24.0 Å². The molecule has 3 rings (SSSR count). The van der Waals surface area contributed by atoms with Gasteiger partial charge in [0, 0.05) is 17.9 Å². The van der Waals surface area contributed by atoms with Crippen LogP contribution in [0.4, 0.5) is 0 Å². The molecule has 2 aliphatic rings. The number of fused-ring (bicyclic) bond motifs is 2. The first-order valence-electron chi connectivity index (χ1n) is 8.23. The Hall–Kier alpha value is -0.870. The van der Waals surface area contributed by atoms with Gasteiger partial charge < -0.3 is 26.2 Å². The summed E-state index contributed by atoms with van der Waals surface area (Å²) < 4.78 is 6.48. The normalized spacial score (nSPS) is 30.6. The molecule has 3 nitrogen and oxygen atoms in total. The summed E-state index contributed by atoms with van der Waals surface area (Å²) in [6.45, 7) is 8.24. The summed E-state index contributed by atoms with van der Waals surface area (Å²) in [6, 6.07) is 11.2. The largest absolute Gasteiger partial charge is 1.00 e. The summed E-state index contributed by atoms with van der Waals surface area (Å²) >= 11 is 0. The molecule has 0 spiro atoms. The Morgan fingerprint density at radius 2 is 2.05 bits per heavy atom. The van der Waals surface area contributed by atoms with Crippen LogP contribution >= 0.6 is 0 Å². The highest BCUT2D eigenvalue weighted by Gasteiger charge is 2.56. The van der Waals surface area contributed by atoms with E-state index in [4.69, 9.17) is 4.74 Å². The average molecular weight is 368 g/mol. The molecule has 4 atom stereocenters. The van der Waals surface area contributed by atoms with Gasteiger partial charge in [-0.25, -0.2) is 0 Å². The maximum Gasteiger partial charge on any atom is 0.315 e. The van der Waals surface area contributed by atoms with E-state index in [2.05, 4.69) is 37.3 Å². The zero-order valence-electron chi connectivity index (χ0n) is 13.5.